The van der Waals surface area contributed by atoms with Crippen molar-refractivity contribution in [2.24, 2.45) is 0 Å². The van der Waals surface area contributed by atoms with Gasteiger partial charge >= 0.3 is 5.97 Å². The van der Waals surface area contributed by atoms with Gasteiger partial charge in [-0.3, -0.25) is 4.79 Å². The van der Waals surface area contributed by atoms with Crippen molar-refractivity contribution in [3.8, 4) is 16.9 Å². The van der Waals surface area contributed by atoms with Gasteiger partial charge in [0.2, 0.25) is 0 Å². The van der Waals surface area contributed by atoms with E-state index in [2.05, 4.69) is 10.4 Å². The number of carbonyl (C=O) groups excluding carboxylic acids is 2. The summed E-state index contributed by atoms with van der Waals surface area (Å²) in [6.45, 7) is 2.53. The fourth-order valence-electron chi connectivity index (χ4n) is 3.76. The highest BCUT2D eigenvalue weighted by atomic mass is 32.2. The standard InChI is InChI=1S/C23H23N3O6S/c1-3-32-23(28)20-18-14-33(29,30)19-10-5-4-9-17(19)21(18)26(25-20)16-8-6-7-15(13-16)22(27)24-11-12-31-2/h4-10,13H,3,11-12,14H2,1-2H3,(H,24,27). The van der Waals surface area contributed by atoms with Gasteiger partial charge < -0.3 is 14.8 Å². The molecule has 9 nitrogen and oxygen atoms in total. The highest BCUT2D eigenvalue weighted by molar-refractivity contribution is 7.90. The fraction of sp³-hybridized carbons (Fsp3) is 0.261. The van der Waals surface area contributed by atoms with Crippen LogP contribution in [0.15, 0.2) is 53.4 Å². The molecule has 0 aliphatic carbocycles. The van der Waals surface area contributed by atoms with Gasteiger partial charge in [0, 0.05) is 30.3 Å². The third-order valence-electron chi connectivity index (χ3n) is 5.21. The minimum atomic E-state index is -3.67. The van der Waals surface area contributed by atoms with Crippen LogP contribution in [0, 0.1) is 0 Å². The van der Waals surface area contributed by atoms with Gasteiger partial charge in [0.05, 0.1) is 35.2 Å². The number of ether oxygens (including phenoxy) is 2. The predicted octanol–water partition coefficient (Wildman–Crippen LogP) is 2.38. The first-order valence-electron chi connectivity index (χ1n) is 10.4. The number of hydrogen-bond acceptors (Lipinski definition) is 7. The van der Waals surface area contributed by atoms with E-state index in [9.17, 15) is 18.0 Å². The van der Waals surface area contributed by atoms with Gasteiger partial charge in [0.25, 0.3) is 5.91 Å². The third kappa shape index (κ3) is 4.27. The first kappa shape index (κ1) is 22.7. The van der Waals surface area contributed by atoms with Crippen molar-refractivity contribution in [2.75, 3.05) is 26.9 Å². The van der Waals surface area contributed by atoms with Gasteiger partial charge in [0.15, 0.2) is 15.5 Å². The van der Waals surface area contributed by atoms with E-state index in [1.165, 1.54) is 10.7 Å². The Balaban J connectivity index is 1.88. The number of carbonyl (C=O) groups is 2. The van der Waals surface area contributed by atoms with Crippen molar-refractivity contribution in [1.82, 2.24) is 15.1 Å². The number of methoxy groups -OCH3 is 1. The minimum Gasteiger partial charge on any atom is -0.461 e. The average molecular weight is 470 g/mol. The lowest BCUT2D eigenvalue weighted by molar-refractivity contribution is 0.0518. The van der Waals surface area contributed by atoms with Gasteiger partial charge in [0.1, 0.15) is 0 Å². The van der Waals surface area contributed by atoms with Crippen molar-refractivity contribution in [3.05, 3.63) is 65.4 Å². The Morgan fingerprint density at radius 2 is 1.94 bits per heavy atom. The third-order valence-corrected chi connectivity index (χ3v) is 6.90. The average Bonchev–Trinajstić information content (AvgIpc) is 3.18. The van der Waals surface area contributed by atoms with E-state index >= 15 is 0 Å². The van der Waals surface area contributed by atoms with Gasteiger partial charge in [-0.1, -0.05) is 24.3 Å². The lowest BCUT2D eigenvalue weighted by Crippen LogP contribution is -2.27. The van der Waals surface area contributed by atoms with Crippen LogP contribution < -0.4 is 5.32 Å². The molecule has 33 heavy (non-hydrogen) atoms. The van der Waals surface area contributed by atoms with Gasteiger partial charge in [-0.05, 0) is 31.2 Å². The molecule has 1 N–H and O–H groups in total. The summed E-state index contributed by atoms with van der Waals surface area (Å²) in [5.41, 5.74) is 2.05. The molecule has 2 heterocycles. The first-order valence-corrected chi connectivity index (χ1v) is 12.0. The fourth-order valence-corrected chi connectivity index (χ4v) is 5.36. The maximum atomic E-state index is 12.9. The van der Waals surface area contributed by atoms with E-state index in [0.29, 0.717) is 35.7 Å². The SMILES string of the molecule is CCOC(=O)c1nn(-c2cccc(C(=O)NCCOC)c2)c2c1CS(=O)(=O)c1ccccc1-2. The number of nitrogens with one attached hydrogen (secondary N) is 1. The Kier molecular flexibility index (Phi) is 6.30. The molecule has 0 bridgehead atoms. The number of fused-ring (bicyclic) bond motifs is 3. The predicted molar refractivity (Wildman–Crippen MR) is 120 cm³/mol. The molecule has 1 aliphatic rings. The molecule has 1 amide bonds. The normalized spacial score (nSPS) is 13.6. The molecule has 0 fully saturated rings. The van der Waals surface area contributed by atoms with E-state index in [1.54, 1.807) is 56.5 Å². The number of rotatable bonds is 7. The van der Waals surface area contributed by atoms with Gasteiger partial charge in [-0.25, -0.2) is 17.9 Å². The monoisotopic (exact) mass is 469 g/mol. The van der Waals surface area contributed by atoms with Crippen LogP contribution in [0.25, 0.3) is 16.9 Å². The molecule has 0 saturated carbocycles. The summed E-state index contributed by atoms with van der Waals surface area (Å²) in [6.07, 6.45) is 0. The summed E-state index contributed by atoms with van der Waals surface area (Å²) in [5, 5.41) is 7.21. The van der Waals surface area contributed by atoms with E-state index in [0.717, 1.165) is 0 Å². The van der Waals surface area contributed by atoms with Crippen LogP contribution in [-0.2, 0) is 25.1 Å². The Morgan fingerprint density at radius 3 is 2.70 bits per heavy atom. The van der Waals surface area contributed by atoms with Crippen LogP contribution in [0.5, 0.6) is 0 Å². The van der Waals surface area contributed by atoms with Crippen molar-refractivity contribution in [2.45, 2.75) is 17.6 Å². The lowest BCUT2D eigenvalue weighted by Gasteiger charge is -2.19. The highest BCUT2D eigenvalue weighted by Gasteiger charge is 2.36. The molecule has 3 aromatic rings. The van der Waals surface area contributed by atoms with Crippen LogP contribution in [0.4, 0.5) is 0 Å². The molecule has 0 saturated heterocycles. The molecule has 4 rings (SSSR count). The van der Waals surface area contributed by atoms with Crippen LogP contribution in [0.3, 0.4) is 0 Å². The Hall–Kier alpha value is -3.50. The second kappa shape index (κ2) is 9.16. The second-order valence-corrected chi connectivity index (χ2v) is 9.32. The van der Waals surface area contributed by atoms with Crippen LogP contribution in [0.1, 0.15) is 33.3 Å². The minimum absolute atomic E-state index is 0.0557. The number of esters is 1. The maximum absolute atomic E-state index is 12.9. The summed E-state index contributed by atoms with van der Waals surface area (Å²) in [4.78, 5) is 25.3. The number of benzene rings is 2. The zero-order valence-corrected chi connectivity index (χ0v) is 19.0. The Bertz CT molecular complexity index is 1330. The molecule has 172 valence electrons. The smallest absolute Gasteiger partial charge is 0.359 e. The quantitative estimate of drug-likeness (QED) is 0.417. The summed E-state index contributed by atoms with van der Waals surface area (Å²) >= 11 is 0. The van der Waals surface area contributed by atoms with Crippen LogP contribution in [-0.4, -0.2) is 56.9 Å². The van der Waals surface area contributed by atoms with E-state index in [4.69, 9.17) is 9.47 Å². The Labute approximate surface area is 191 Å². The van der Waals surface area contributed by atoms with E-state index < -0.39 is 15.8 Å². The molecule has 2 aromatic carbocycles. The number of hydrogen-bond donors (Lipinski definition) is 1. The number of nitrogens with zero attached hydrogens (tertiary/aromatic N) is 2. The number of amides is 1. The number of sulfone groups is 1. The molecule has 1 aromatic heterocycles. The largest absolute Gasteiger partial charge is 0.461 e. The van der Waals surface area contributed by atoms with E-state index in [-0.39, 0.29) is 34.4 Å². The summed E-state index contributed by atoms with van der Waals surface area (Å²) in [5.74, 6) is -1.36. The maximum Gasteiger partial charge on any atom is 0.359 e. The number of aromatic nitrogens is 2. The van der Waals surface area contributed by atoms with Crippen molar-refractivity contribution < 1.29 is 27.5 Å². The topological polar surface area (TPSA) is 117 Å². The molecule has 0 spiro atoms. The van der Waals surface area contributed by atoms with Crippen molar-refractivity contribution >= 4 is 21.7 Å². The molecule has 0 radical (unpaired) electrons. The van der Waals surface area contributed by atoms with Gasteiger partial charge in [-0.15, -0.1) is 0 Å². The summed E-state index contributed by atoms with van der Waals surface area (Å²) in [7, 11) is -2.12. The second-order valence-electron chi connectivity index (χ2n) is 7.36. The summed E-state index contributed by atoms with van der Waals surface area (Å²) in [6, 6.07) is 13.3. The van der Waals surface area contributed by atoms with E-state index in [1.807, 2.05) is 0 Å². The zero-order valence-electron chi connectivity index (χ0n) is 18.2. The molecular formula is C23H23N3O6S. The summed E-state index contributed by atoms with van der Waals surface area (Å²) < 4.78 is 37.4. The first-order chi connectivity index (χ1) is 15.9. The zero-order chi connectivity index (χ0) is 23.6. The lowest BCUT2D eigenvalue weighted by atomic mass is 10.1. The molecule has 10 heteroatoms. The van der Waals surface area contributed by atoms with Crippen molar-refractivity contribution in [1.29, 1.82) is 0 Å². The molecule has 0 unspecified atom stereocenters. The van der Waals surface area contributed by atoms with Crippen LogP contribution >= 0.6 is 0 Å². The Morgan fingerprint density at radius 1 is 1.15 bits per heavy atom. The van der Waals surface area contributed by atoms with Crippen LogP contribution in [0.2, 0.25) is 0 Å². The van der Waals surface area contributed by atoms with Gasteiger partial charge in [-0.2, -0.15) is 5.10 Å². The molecular weight excluding hydrogens is 446 g/mol. The highest BCUT2D eigenvalue weighted by Crippen LogP contribution is 2.40. The van der Waals surface area contributed by atoms with Crippen molar-refractivity contribution in [3.63, 3.8) is 0 Å². The molecule has 0 atom stereocenters. The molecule has 1 aliphatic heterocycles.